The number of carbonyl (C=O) groups is 2. The topological polar surface area (TPSA) is 111 Å². The second kappa shape index (κ2) is 11.1. The van der Waals surface area contributed by atoms with Crippen molar-refractivity contribution in [1.29, 1.82) is 0 Å². The van der Waals surface area contributed by atoms with Gasteiger partial charge in [-0.05, 0) is 25.3 Å². The molecule has 0 radical (unpaired) electrons. The maximum atomic E-state index is 13.3. The molecule has 0 bridgehead atoms. The van der Waals surface area contributed by atoms with Gasteiger partial charge in [0.05, 0.1) is 24.1 Å². The summed E-state index contributed by atoms with van der Waals surface area (Å²) in [6, 6.07) is 2.63. The Labute approximate surface area is 204 Å². The number of fused-ring (bicyclic) bond motifs is 2. The predicted octanol–water partition coefficient (Wildman–Crippen LogP) is 1.34. The molecule has 2 N–H and O–H groups in total. The Kier molecular flexibility index (Phi) is 7.92. The van der Waals surface area contributed by atoms with Crippen LogP contribution in [0.2, 0.25) is 0 Å². The minimum Gasteiger partial charge on any atom is -0.454 e. The first-order valence-corrected chi connectivity index (χ1v) is 12.2. The molecule has 0 saturated carbocycles. The van der Waals surface area contributed by atoms with Crippen LogP contribution in [0.4, 0.5) is 0 Å². The van der Waals surface area contributed by atoms with Crippen LogP contribution in [0.25, 0.3) is 10.9 Å². The summed E-state index contributed by atoms with van der Waals surface area (Å²) in [5, 5.41) is 6.12. The van der Waals surface area contributed by atoms with Crippen molar-refractivity contribution >= 4 is 22.7 Å². The van der Waals surface area contributed by atoms with Gasteiger partial charge in [0, 0.05) is 45.0 Å². The Balaban J connectivity index is 1.51. The van der Waals surface area contributed by atoms with Gasteiger partial charge in [-0.25, -0.2) is 0 Å². The highest BCUT2D eigenvalue weighted by molar-refractivity contribution is 6.00. The molecule has 10 heteroatoms. The van der Waals surface area contributed by atoms with Crippen molar-refractivity contribution in [3.63, 3.8) is 0 Å². The summed E-state index contributed by atoms with van der Waals surface area (Å²) in [7, 11) is 0. The largest absolute Gasteiger partial charge is 0.454 e. The van der Waals surface area contributed by atoms with E-state index in [9.17, 15) is 14.4 Å². The fraction of sp³-hybridized carbons (Fsp3) is 0.560. The Morgan fingerprint density at radius 3 is 2.51 bits per heavy atom. The van der Waals surface area contributed by atoms with E-state index in [1.165, 1.54) is 0 Å². The average Bonchev–Trinajstić information content (AvgIpc) is 3.31. The van der Waals surface area contributed by atoms with Crippen molar-refractivity contribution in [3.05, 3.63) is 34.1 Å². The van der Waals surface area contributed by atoms with Crippen LogP contribution in [0.5, 0.6) is 11.5 Å². The van der Waals surface area contributed by atoms with Crippen molar-refractivity contribution in [1.82, 2.24) is 20.1 Å². The van der Waals surface area contributed by atoms with Crippen LogP contribution in [-0.4, -0.2) is 73.5 Å². The number of ether oxygens (including phenoxy) is 3. The Morgan fingerprint density at radius 1 is 1.11 bits per heavy atom. The Bertz CT molecular complexity index is 1140. The van der Waals surface area contributed by atoms with Gasteiger partial charge in [-0.3, -0.25) is 19.3 Å². The molecule has 190 valence electrons. The number of hydrogen-bond acceptors (Lipinski definition) is 7. The fourth-order valence-electron chi connectivity index (χ4n) is 4.43. The van der Waals surface area contributed by atoms with Gasteiger partial charge in [0.1, 0.15) is 11.6 Å². The van der Waals surface area contributed by atoms with Crippen LogP contribution in [-0.2, 0) is 16.1 Å². The second-order valence-corrected chi connectivity index (χ2v) is 9.28. The summed E-state index contributed by atoms with van der Waals surface area (Å²) in [4.78, 5) is 41.7. The number of aromatic nitrogens is 1. The van der Waals surface area contributed by atoms with Crippen LogP contribution < -0.4 is 25.5 Å². The minimum absolute atomic E-state index is 0.00640. The molecule has 1 saturated heterocycles. The summed E-state index contributed by atoms with van der Waals surface area (Å²) >= 11 is 0. The summed E-state index contributed by atoms with van der Waals surface area (Å²) in [5.41, 5.74) is 0.252. The SMILES string of the molecule is CCn1cc(C(=O)N[C@H](CC(C)C)C(=O)NCCN2CCOCC2)c(=O)c2cc3c(cc21)OCO3. The summed E-state index contributed by atoms with van der Waals surface area (Å²) in [5.74, 6) is 0.411. The number of morpholine rings is 1. The molecule has 35 heavy (non-hydrogen) atoms. The van der Waals surface area contributed by atoms with Crippen molar-refractivity contribution < 1.29 is 23.8 Å². The number of rotatable bonds is 9. The second-order valence-electron chi connectivity index (χ2n) is 9.28. The smallest absolute Gasteiger partial charge is 0.257 e. The standard InChI is InChI=1S/C25H34N4O6/c1-4-29-14-18(23(30)17-12-21-22(13-20(17)29)35-15-34-21)24(31)27-19(11-16(2)3)25(32)26-5-6-28-7-9-33-10-8-28/h12-14,16,19H,4-11,15H2,1-3H3,(H,26,32)(H,27,31)/t19-/m1/s1. The van der Waals surface area contributed by atoms with E-state index >= 15 is 0 Å². The molecular weight excluding hydrogens is 452 g/mol. The molecule has 2 aliphatic heterocycles. The lowest BCUT2D eigenvalue weighted by atomic mass is 10.0. The third-order valence-corrected chi connectivity index (χ3v) is 6.32. The fourth-order valence-corrected chi connectivity index (χ4v) is 4.43. The summed E-state index contributed by atoms with van der Waals surface area (Å²) in [6.45, 7) is 10.8. The Hall–Kier alpha value is -3.11. The molecule has 2 aliphatic rings. The highest BCUT2D eigenvalue weighted by atomic mass is 16.7. The van der Waals surface area contributed by atoms with E-state index in [4.69, 9.17) is 14.2 Å². The van der Waals surface area contributed by atoms with Gasteiger partial charge < -0.3 is 29.4 Å². The first kappa shape index (κ1) is 25.0. The van der Waals surface area contributed by atoms with Gasteiger partial charge in [-0.2, -0.15) is 0 Å². The molecule has 3 heterocycles. The van der Waals surface area contributed by atoms with Crippen LogP contribution >= 0.6 is 0 Å². The molecule has 1 fully saturated rings. The van der Waals surface area contributed by atoms with Gasteiger partial charge >= 0.3 is 0 Å². The van der Waals surface area contributed by atoms with E-state index in [1.54, 1.807) is 18.3 Å². The molecule has 2 amide bonds. The zero-order valence-corrected chi connectivity index (χ0v) is 20.6. The Morgan fingerprint density at radius 2 is 1.83 bits per heavy atom. The molecule has 10 nitrogen and oxygen atoms in total. The van der Waals surface area contributed by atoms with E-state index in [-0.39, 0.29) is 24.2 Å². The summed E-state index contributed by atoms with van der Waals surface area (Å²) < 4.78 is 18.0. The van der Waals surface area contributed by atoms with E-state index in [0.29, 0.717) is 55.1 Å². The maximum absolute atomic E-state index is 13.3. The number of carbonyl (C=O) groups excluding carboxylic acids is 2. The molecule has 1 aromatic carbocycles. The van der Waals surface area contributed by atoms with Crippen molar-refractivity contribution in [2.24, 2.45) is 5.92 Å². The average molecular weight is 487 g/mol. The molecule has 2 aromatic rings. The summed E-state index contributed by atoms with van der Waals surface area (Å²) in [6.07, 6.45) is 2.01. The van der Waals surface area contributed by atoms with E-state index in [2.05, 4.69) is 15.5 Å². The zero-order chi connectivity index (χ0) is 24.9. The lowest BCUT2D eigenvalue weighted by molar-refractivity contribution is -0.123. The zero-order valence-electron chi connectivity index (χ0n) is 20.6. The molecule has 0 unspecified atom stereocenters. The monoisotopic (exact) mass is 486 g/mol. The highest BCUT2D eigenvalue weighted by Crippen LogP contribution is 2.35. The third-order valence-electron chi connectivity index (χ3n) is 6.32. The number of nitrogens with one attached hydrogen (secondary N) is 2. The first-order chi connectivity index (χ1) is 16.9. The quantitative estimate of drug-likeness (QED) is 0.550. The van der Waals surface area contributed by atoms with Gasteiger partial charge in [0.15, 0.2) is 11.5 Å². The number of aryl methyl sites for hydroxylation is 1. The van der Waals surface area contributed by atoms with Crippen LogP contribution in [0.3, 0.4) is 0 Å². The maximum Gasteiger partial charge on any atom is 0.257 e. The molecule has 0 spiro atoms. The van der Waals surface area contributed by atoms with Gasteiger partial charge in [0.2, 0.25) is 18.1 Å². The molecule has 1 aromatic heterocycles. The first-order valence-electron chi connectivity index (χ1n) is 12.2. The molecule has 0 aliphatic carbocycles. The third kappa shape index (κ3) is 5.76. The van der Waals surface area contributed by atoms with E-state index in [1.807, 2.05) is 25.3 Å². The normalized spacial score (nSPS) is 16.5. The number of hydrogen-bond donors (Lipinski definition) is 2. The van der Waals surface area contributed by atoms with Gasteiger partial charge in [-0.15, -0.1) is 0 Å². The molecule has 4 rings (SSSR count). The van der Waals surface area contributed by atoms with Crippen molar-refractivity contribution in [2.75, 3.05) is 46.2 Å². The van der Waals surface area contributed by atoms with E-state index in [0.717, 1.165) is 19.6 Å². The predicted molar refractivity (Wildman–Crippen MR) is 131 cm³/mol. The van der Waals surface area contributed by atoms with E-state index < -0.39 is 17.4 Å². The van der Waals surface area contributed by atoms with Crippen molar-refractivity contribution in [2.45, 2.75) is 39.8 Å². The number of benzene rings is 1. The van der Waals surface area contributed by atoms with Crippen LogP contribution in [0.1, 0.15) is 37.6 Å². The van der Waals surface area contributed by atoms with Crippen molar-refractivity contribution in [3.8, 4) is 11.5 Å². The number of pyridine rings is 1. The number of nitrogens with zero attached hydrogens (tertiary/aromatic N) is 2. The molecular formula is C25H34N4O6. The van der Waals surface area contributed by atoms with Crippen LogP contribution in [0.15, 0.2) is 23.1 Å². The lowest BCUT2D eigenvalue weighted by Crippen LogP contribution is -2.50. The molecule has 1 atom stereocenters. The number of amides is 2. The van der Waals surface area contributed by atoms with Gasteiger partial charge in [0.25, 0.3) is 5.91 Å². The van der Waals surface area contributed by atoms with Crippen LogP contribution in [0, 0.1) is 5.92 Å². The minimum atomic E-state index is -0.742. The highest BCUT2D eigenvalue weighted by Gasteiger charge is 2.26. The van der Waals surface area contributed by atoms with Gasteiger partial charge in [-0.1, -0.05) is 13.8 Å². The lowest BCUT2D eigenvalue weighted by Gasteiger charge is -2.27.